The van der Waals surface area contributed by atoms with Gasteiger partial charge >= 0.3 is 0 Å². The standard InChI is InChI=1S/C20H22FN3OS/c1-13-14(12-22-24(13)16-9-6-5-8-15(16)21)19(25)23-18(20(2,3)4)17-10-7-11-26-17/h5-12,18H,1-4H3,(H,23,25). The van der Waals surface area contributed by atoms with E-state index in [1.165, 1.54) is 16.9 Å². The van der Waals surface area contributed by atoms with Gasteiger partial charge < -0.3 is 5.32 Å². The molecule has 0 saturated carbocycles. The second-order valence-electron chi connectivity index (χ2n) is 7.29. The number of halogens is 1. The van der Waals surface area contributed by atoms with Crippen molar-refractivity contribution >= 4 is 17.2 Å². The van der Waals surface area contributed by atoms with E-state index in [0.717, 1.165) is 4.88 Å². The Morgan fingerprint density at radius 2 is 1.96 bits per heavy atom. The number of nitrogens with one attached hydrogen (secondary N) is 1. The van der Waals surface area contributed by atoms with Crippen LogP contribution in [-0.4, -0.2) is 15.7 Å². The van der Waals surface area contributed by atoms with Crippen LogP contribution in [0, 0.1) is 18.2 Å². The quantitative estimate of drug-likeness (QED) is 0.709. The minimum Gasteiger partial charge on any atom is -0.344 e. The highest BCUT2D eigenvalue weighted by atomic mass is 32.1. The topological polar surface area (TPSA) is 46.9 Å². The summed E-state index contributed by atoms with van der Waals surface area (Å²) in [6.07, 6.45) is 1.49. The van der Waals surface area contributed by atoms with Crippen LogP contribution >= 0.6 is 11.3 Å². The third kappa shape index (κ3) is 3.55. The minimum atomic E-state index is -0.378. The molecule has 2 heterocycles. The molecular weight excluding hydrogens is 349 g/mol. The van der Waals surface area contributed by atoms with Crippen molar-refractivity contribution in [2.24, 2.45) is 5.41 Å². The van der Waals surface area contributed by atoms with Crippen LogP contribution in [-0.2, 0) is 0 Å². The molecule has 0 aliphatic carbocycles. The molecule has 0 fully saturated rings. The molecule has 6 heteroatoms. The Morgan fingerprint density at radius 1 is 1.23 bits per heavy atom. The summed E-state index contributed by atoms with van der Waals surface area (Å²) in [7, 11) is 0. The van der Waals surface area contributed by atoms with Crippen LogP contribution in [0.2, 0.25) is 0 Å². The molecule has 3 rings (SSSR count). The van der Waals surface area contributed by atoms with Crippen LogP contribution in [0.4, 0.5) is 4.39 Å². The van der Waals surface area contributed by atoms with Crippen molar-refractivity contribution in [3.8, 4) is 5.69 Å². The molecule has 1 atom stereocenters. The lowest BCUT2D eigenvalue weighted by Crippen LogP contribution is -2.36. The highest BCUT2D eigenvalue weighted by Crippen LogP contribution is 2.35. The van der Waals surface area contributed by atoms with Gasteiger partial charge in [-0.3, -0.25) is 4.79 Å². The number of aromatic nitrogens is 2. The van der Waals surface area contributed by atoms with Gasteiger partial charge in [0.2, 0.25) is 0 Å². The molecule has 0 spiro atoms. The molecule has 4 nitrogen and oxygen atoms in total. The first-order valence-corrected chi connectivity index (χ1v) is 9.31. The van der Waals surface area contributed by atoms with Crippen LogP contribution < -0.4 is 5.32 Å². The molecule has 3 aromatic rings. The molecule has 0 saturated heterocycles. The van der Waals surface area contributed by atoms with E-state index in [1.54, 1.807) is 36.5 Å². The lowest BCUT2D eigenvalue weighted by atomic mass is 9.85. The van der Waals surface area contributed by atoms with Gasteiger partial charge in [0.05, 0.1) is 23.5 Å². The van der Waals surface area contributed by atoms with Crippen molar-refractivity contribution in [2.75, 3.05) is 0 Å². The monoisotopic (exact) mass is 371 g/mol. The van der Waals surface area contributed by atoms with Crippen molar-refractivity contribution in [1.82, 2.24) is 15.1 Å². The molecule has 0 radical (unpaired) electrons. The summed E-state index contributed by atoms with van der Waals surface area (Å²) < 4.78 is 15.5. The summed E-state index contributed by atoms with van der Waals surface area (Å²) in [5.41, 5.74) is 1.23. The summed E-state index contributed by atoms with van der Waals surface area (Å²) in [4.78, 5) is 14.0. The first kappa shape index (κ1) is 18.3. The number of thiophene rings is 1. The second kappa shape index (κ2) is 7.03. The highest BCUT2D eigenvalue weighted by Gasteiger charge is 2.30. The Kier molecular flexibility index (Phi) is 4.96. The molecule has 0 aliphatic heterocycles. The van der Waals surface area contributed by atoms with Gasteiger partial charge in [0.1, 0.15) is 11.5 Å². The third-order valence-electron chi connectivity index (χ3n) is 4.30. The number of benzene rings is 1. The maximum absolute atomic E-state index is 14.1. The molecule has 0 bridgehead atoms. The van der Waals surface area contributed by atoms with Crippen LogP contribution in [0.1, 0.15) is 47.7 Å². The van der Waals surface area contributed by atoms with Gasteiger partial charge in [-0.1, -0.05) is 39.0 Å². The predicted molar refractivity (Wildman–Crippen MR) is 102 cm³/mol. The van der Waals surface area contributed by atoms with Gasteiger partial charge in [-0.05, 0) is 35.9 Å². The van der Waals surface area contributed by atoms with E-state index in [4.69, 9.17) is 0 Å². The Bertz CT molecular complexity index is 910. The first-order valence-electron chi connectivity index (χ1n) is 8.43. The van der Waals surface area contributed by atoms with Crippen LogP contribution in [0.3, 0.4) is 0 Å². The van der Waals surface area contributed by atoms with Crippen LogP contribution in [0.5, 0.6) is 0 Å². The zero-order valence-electron chi connectivity index (χ0n) is 15.3. The van der Waals surface area contributed by atoms with Gasteiger partial charge in [0, 0.05) is 4.88 Å². The summed E-state index contributed by atoms with van der Waals surface area (Å²) >= 11 is 1.62. The fraction of sp³-hybridized carbons (Fsp3) is 0.300. The van der Waals surface area contributed by atoms with E-state index in [1.807, 2.05) is 17.5 Å². The summed E-state index contributed by atoms with van der Waals surface area (Å²) in [6.45, 7) is 8.04. The fourth-order valence-corrected chi connectivity index (χ4v) is 3.90. The van der Waals surface area contributed by atoms with Crippen molar-refractivity contribution in [2.45, 2.75) is 33.7 Å². The molecule has 1 amide bonds. The summed E-state index contributed by atoms with van der Waals surface area (Å²) in [5, 5.41) is 9.34. The smallest absolute Gasteiger partial charge is 0.255 e. The summed E-state index contributed by atoms with van der Waals surface area (Å²) in [6, 6.07) is 10.3. The van der Waals surface area contributed by atoms with Gasteiger partial charge in [-0.25, -0.2) is 9.07 Å². The number of rotatable bonds is 4. The number of nitrogens with zero attached hydrogens (tertiary/aromatic N) is 2. The molecule has 26 heavy (non-hydrogen) atoms. The van der Waals surface area contributed by atoms with E-state index in [2.05, 4.69) is 31.2 Å². The molecule has 136 valence electrons. The van der Waals surface area contributed by atoms with Crippen LogP contribution in [0.25, 0.3) is 5.69 Å². The van der Waals surface area contributed by atoms with Crippen molar-refractivity contribution in [3.05, 3.63) is 69.9 Å². The molecule has 1 aromatic carbocycles. The van der Waals surface area contributed by atoms with Crippen molar-refractivity contribution in [1.29, 1.82) is 0 Å². The van der Waals surface area contributed by atoms with Crippen LogP contribution in [0.15, 0.2) is 48.0 Å². The number of carbonyl (C=O) groups excluding carboxylic acids is 1. The Morgan fingerprint density at radius 3 is 2.58 bits per heavy atom. The average Bonchev–Trinajstić information content (AvgIpc) is 3.22. The zero-order valence-corrected chi connectivity index (χ0v) is 16.1. The number of carbonyl (C=O) groups is 1. The van der Waals surface area contributed by atoms with Gasteiger partial charge in [0.25, 0.3) is 5.91 Å². The Hall–Kier alpha value is -2.47. The highest BCUT2D eigenvalue weighted by molar-refractivity contribution is 7.10. The number of hydrogen-bond donors (Lipinski definition) is 1. The predicted octanol–water partition coefficient (Wildman–Crippen LogP) is 4.90. The average molecular weight is 371 g/mol. The van der Waals surface area contributed by atoms with Gasteiger partial charge in [0.15, 0.2) is 0 Å². The third-order valence-corrected chi connectivity index (χ3v) is 5.24. The van der Waals surface area contributed by atoms with Gasteiger partial charge in [-0.2, -0.15) is 5.10 Å². The van der Waals surface area contributed by atoms with Crippen molar-refractivity contribution < 1.29 is 9.18 Å². The maximum atomic E-state index is 14.1. The normalized spacial score (nSPS) is 12.8. The van der Waals surface area contributed by atoms with Gasteiger partial charge in [-0.15, -0.1) is 11.3 Å². The van der Waals surface area contributed by atoms with E-state index >= 15 is 0 Å². The number of para-hydroxylation sites is 1. The number of hydrogen-bond acceptors (Lipinski definition) is 3. The molecular formula is C20H22FN3OS. The lowest BCUT2D eigenvalue weighted by Gasteiger charge is -2.30. The first-order chi connectivity index (χ1) is 12.3. The molecule has 2 aromatic heterocycles. The second-order valence-corrected chi connectivity index (χ2v) is 8.27. The minimum absolute atomic E-state index is 0.119. The van der Waals surface area contributed by atoms with Crippen molar-refractivity contribution in [3.63, 3.8) is 0 Å². The van der Waals surface area contributed by atoms with E-state index in [-0.39, 0.29) is 23.2 Å². The zero-order chi connectivity index (χ0) is 18.9. The Balaban J connectivity index is 1.90. The molecule has 1 N–H and O–H groups in total. The molecule has 0 aliphatic rings. The Labute approximate surface area is 156 Å². The number of amides is 1. The van der Waals surface area contributed by atoms with E-state index in [0.29, 0.717) is 16.9 Å². The van der Waals surface area contributed by atoms with E-state index < -0.39 is 0 Å². The summed E-state index contributed by atoms with van der Waals surface area (Å²) in [5.74, 6) is -0.588. The SMILES string of the molecule is Cc1c(C(=O)NC(c2cccs2)C(C)(C)C)cnn1-c1ccccc1F. The largest absolute Gasteiger partial charge is 0.344 e. The maximum Gasteiger partial charge on any atom is 0.255 e. The lowest BCUT2D eigenvalue weighted by molar-refractivity contribution is 0.0902. The van der Waals surface area contributed by atoms with E-state index in [9.17, 15) is 9.18 Å². The fourth-order valence-electron chi connectivity index (χ4n) is 2.88. The molecule has 1 unspecified atom stereocenters.